The molecule has 0 aliphatic carbocycles. The van der Waals surface area contributed by atoms with Gasteiger partial charge in [0.1, 0.15) is 0 Å². The Morgan fingerprint density at radius 3 is 2.63 bits per heavy atom. The Morgan fingerprint density at radius 1 is 1.15 bits per heavy atom. The van der Waals surface area contributed by atoms with Gasteiger partial charge in [-0.25, -0.2) is 0 Å². The maximum absolute atomic E-state index is 12.8. The maximum Gasteiger partial charge on any atom is 0.293 e. The van der Waals surface area contributed by atoms with Gasteiger partial charge in [-0.2, -0.15) is 0 Å². The van der Waals surface area contributed by atoms with Crippen LogP contribution in [-0.2, 0) is 22.6 Å². The van der Waals surface area contributed by atoms with Crippen LogP contribution >= 0.6 is 11.8 Å². The summed E-state index contributed by atoms with van der Waals surface area (Å²) in [5.74, 6) is -0.229. The summed E-state index contributed by atoms with van der Waals surface area (Å²) in [6, 6.07) is 9.91. The number of carbonyl (C=O) groups is 2. The molecule has 1 aliphatic rings. The van der Waals surface area contributed by atoms with E-state index in [1.807, 2.05) is 57.2 Å². The number of ether oxygens (including phenoxy) is 1. The van der Waals surface area contributed by atoms with E-state index >= 15 is 0 Å². The number of benzene rings is 1. The molecule has 0 radical (unpaired) electrons. The number of nitrogens with zero attached hydrogens (tertiary/aromatic N) is 2. The number of hydrogen-bond acceptors (Lipinski definition) is 4. The number of carbonyl (C=O) groups excluding carboxylic acids is 2. The van der Waals surface area contributed by atoms with Crippen molar-refractivity contribution in [3.05, 3.63) is 63.3 Å². The van der Waals surface area contributed by atoms with Crippen molar-refractivity contribution < 1.29 is 14.3 Å². The fourth-order valence-corrected chi connectivity index (χ4v) is 4.10. The molecule has 1 saturated heterocycles. The van der Waals surface area contributed by atoms with Crippen LogP contribution in [0.25, 0.3) is 6.08 Å². The summed E-state index contributed by atoms with van der Waals surface area (Å²) < 4.78 is 7.32. The highest BCUT2D eigenvalue weighted by Crippen LogP contribution is 2.34. The quantitative estimate of drug-likeness (QED) is 0.697. The molecule has 27 heavy (non-hydrogen) atoms. The highest BCUT2D eigenvalue weighted by Gasteiger charge is 2.35. The molecule has 0 N–H and O–H groups in total. The van der Waals surface area contributed by atoms with Gasteiger partial charge in [0.2, 0.25) is 0 Å². The first-order valence-corrected chi connectivity index (χ1v) is 9.69. The van der Waals surface area contributed by atoms with Crippen LogP contribution in [0.1, 0.15) is 28.1 Å². The van der Waals surface area contributed by atoms with E-state index in [1.54, 1.807) is 7.11 Å². The van der Waals surface area contributed by atoms with Crippen molar-refractivity contribution in [2.75, 3.05) is 13.7 Å². The molecule has 1 aromatic heterocycles. The van der Waals surface area contributed by atoms with E-state index in [2.05, 4.69) is 4.57 Å². The van der Waals surface area contributed by atoms with Gasteiger partial charge < -0.3 is 9.30 Å². The molecule has 1 aliphatic heterocycles. The fourth-order valence-electron chi connectivity index (χ4n) is 3.27. The summed E-state index contributed by atoms with van der Waals surface area (Å²) in [4.78, 5) is 26.9. The van der Waals surface area contributed by atoms with Crippen LogP contribution < -0.4 is 0 Å². The first-order chi connectivity index (χ1) is 12.9. The molecule has 1 aromatic carbocycles. The van der Waals surface area contributed by atoms with Gasteiger partial charge in [0.05, 0.1) is 18.1 Å². The molecule has 2 amide bonds. The minimum atomic E-state index is -0.229. The molecule has 6 heteroatoms. The van der Waals surface area contributed by atoms with Crippen LogP contribution in [0, 0.1) is 20.8 Å². The molecule has 0 unspecified atom stereocenters. The number of rotatable bonds is 6. The first-order valence-electron chi connectivity index (χ1n) is 8.87. The minimum Gasteiger partial charge on any atom is -0.383 e. The highest BCUT2D eigenvalue weighted by molar-refractivity contribution is 8.18. The van der Waals surface area contributed by atoms with Gasteiger partial charge in [-0.15, -0.1) is 0 Å². The van der Waals surface area contributed by atoms with E-state index in [9.17, 15) is 9.59 Å². The van der Waals surface area contributed by atoms with E-state index in [0.717, 1.165) is 46.4 Å². The number of hydrogen-bond donors (Lipinski definition) is 0. The fraction of sp³-hybridized carbons (Fsp3) is 0.333. The minimum absolute atomic E-state index is 0.221. The zero-order chi connectivity index (χ0) is 19.6. The van der Waals surface area contributed by atoms with Gasteiger partial charge in [0.15, 0.2) is 0 Å². The second kappa shape index (κ2) is 8.15. The topological polar surface area (TPSA) is 51.5 Å². The Balaban J connectivity index is 1.82. The molecule has 2 heterocycles. The molecule has 2 aromatic rings. The largest absolute Gasteiger partial charge is 0.383 e. The van der Waals surface area contributed by atoms with E-state index in [0.29, 0.717) is 18.1 Å². The zero-order valence-corrected chi connectivity index (χ0v) is 16.9. The maximum atomic E-state index is 12.8. The number of methoxy groups -OCH3 is 1. The van der Waals surface area contributed by atoms with Crippen LogP contribution in [0.3, 0.4) is 0 Å². The van der Waals surface area contributed by atoms with Crippen molar-refractivity contribution in [3.8, 4) is 0 Å². The molecule has 0 saturated carbocycles. The molecule has 0 bridgehead atoms. The van der Waals surface area contributed by atoms with Crippen LogP contribution in [0.15, 0.2) is 35.2 Å². The normalized spacial score (nSPS) is 16.0. The average molecular weight is 385 g/mol. The SMILES string of the molecule is COCCn1c(C)cc(/C=C2\SC(=O)N(Cc3cccc(C)c3)C2=O)c1C. The van der Waals surface area contributed by atoms with Crippen LogP contribution in [0.2, 0.25) is 0 Å². The Hall–Kier alpha value is -2.31. The zero-order valence-electron chi connectivity index (χ0n) is 16.1. The van der Waals surface area contributed by atoms with Gasteiger partial charge in [-0.05, 0) is 55.8 Å². The molecule has 142 valence electrons. The van der Waals surface area contributed by atoms with Crippen molar-refractivity contribution in [1.29, 1.82) is 0 Å². The summed E-state index contributed by atoms with van der Waals surface area (Å²) in [6.45, 7) is 7.74. The Bertz CT molecular complexity index is 914. The third kappa shape index (κ3) is 4.17. The summed E-state index contributed by atoms with van der Waals surface area (Å²) in [7, 11) is 1.68. The number of thioether (sulfide) groups is 1. The summed E-state index contributed by atoms with van der Waals surface area (Å²) >= 11 is 1.01. The lowest BCUT2D eigenvalue weighted by Crippen LogP contribution is -2.27. The number of aromatic nitrogens is 1. The average Bonchev–Trinajstić information content (AvgIpc) is 3.04. The smallest absolute Gasteiger partial charge is 0.293 e. The van der Waals surface area contributed by atoms with Gasteiger partial charge >= 0.3 is 0 Å². The van der Waals surface area contributed by atoms with E-state index in [-0.39, 0.29) is 11.1 Å². The van der Waals surface area contributed by atoms with Crippen molar-refractivity contribution in [2.45, 2.75) is 33.9 Å². The van der Waals surface area contributed by atoms with Crippen molar-refractivity contribution in [2.24, 2.45) is 0 Å². The molecule has 3 rings (SSSR count). The second-order valence-electron chi connectivity index (χ2n) is 6.73. The molecular weight excluding hydrogens is 360 g/mol. The van der Waals surface area contributed by atoms with Gasteiger partial charge in [0, 0.05) is 25.0 Å². The lowest BCUT2D eigenvalue weighted by atomic mass is 10.1. The molecule has 5 nitrogen and oxygen atoms in total. The van der Waals surface area contributed by atoms with Crippen LogP contribution in [0.5, 0.6) is 0 Å². The third-order valence-corrected chi connectivity index (χ3v) is 5.62. The predicted octanol–water partition coefficient (Wildman–Crippen LogP) is 4.30. The molecule has 0 atom stereocenters. The number of imide groups is 1. The molecule has 1 fully saturated rings. The predicted molar refractivity (Wildman–Crippen MR) is 108 cm³/mol. The van der Waals surface area contributed by atoms with E-state index < -0.39 is 0 Å². The van der Waals surface area contributed by atoms with Gasteiger partial charge in [-0.1, -0.05) is 29.8 Å². The Labute approximate surface area is 164 Å². The monoisotopic (exact) mass is 384 g/mol. The number of aryl methyl sites for hydroxylation is 2. The van der Waals surface area contributed by atoms with E-state index in [1.165, 1.54) is 4.90 Å². The molecule has 0 spiro atoms. The summed E-state index contributed by atoms with van der Waals surface area (Å²) in [5, 5.41) is -0.221. The van der Waals surface area contributed by atoms with Crippen molar-refractivity contribution in [1.82, 2.24) is 9.47 Å². The second-order valence-corrected chi connectivity index (χ2v) is 7.72. The van der Waals surface area contributed by atoms with Gasteiger partial charge in [-0.3, -0.25) is 14.5 Å². The van der Waals surface area contributed by atoms with Crippen LogP contribution in [-0.4, -0.2) is 34.3 Å². The van der Waals surface area contributed by atoms with E-state index in [4.69, 9.17) is 4.74 Å². The van der Waals surface area contributed by atoms with Crippen molar-refractivity contribution >= 4 is 29.0 Å². The lowest BCUT2D eigenvalue weighted by molar-refractivity contribution is -0.123. The van der Waals surface area contributed by atoms with Gasteiger partial charge in [0.25, 0.3) is 11.1 Å². The lowest BCUT2D eigenvalue weighted by Gasteiger charge is -2.12. The van der Waals surface area contributed by atoms with Crippen LogP contribution in [0.4, 0.5) is 4.79 Å². The Kier molecular flexibility index (Phi) is 5.87. The summed E-state index contributed by atoms with van der Waals surface area (Å²) in [5.41, 5.74) is 5.20. The summed E-state index contributed by atoms with van der Waals surface area (Å²) in [6.07, 6.45) is 1.83. The number of amides is 2. The first kappa shape index (κ1) is 19.5. The molecular formula is C21H24N2O3S. The third-order valence-electron chi connectivity index (χ3n) is 4.72. The standard InChI is InChI=1S/C21H24N2O3S/c1-14-6-5-7-17(10-14)13-23-20(24)19(27-21(23)25)12-18-11-15(2)22(16(18)3)8-9-26-4/h5-7,10-12H,8-9,13H2,1-4H3/b19-12-. The Morgan fingerprint density at radius 2 is 1.93 bits per heavy atom. The highest BCUT2D eigenvalue weighted by atomic mass is 32.2. The van der Waals surface area contributed by atoms with Crippen molar-refractivity contribution in [3.63, 3.8) is 0 Å².